The molecule has 0 saturated carbocycles. The summed E-state index contributed by atoms with van der Waals surface area (Å²) in [7, 11) is 0. The molecule has 0 fully saturated rings. The standard InChI is InChI=1S/C24H31FN2O3/c1-5-22(24(29)26-14-17(2)3)27(15-19-9-11-20(25)12-10-19)23(28)16-30-21-8-6-7-18(4)13-21/h6-13,17,22H,5,14-16H2,1-4H3,(H,26,29)/t22-/m0/s1. The van der Waals surface area contributed by atoms with Crippen molar-refractivity contribution in [1.29, 1.82) is 0 Å². The van der Waals surface area contributed by atoms with Crippen LogP contribution in [0.1, 0.15) is 38.3 Å². The molecule has 0 aliphatic carbocycles. The average molecular weight is 415 g/mol. The van der Waals surface area contributed by atoms with Gasteiger partial charge in [-0.2, -0.15) is 0 Å². The second-order valence-electron chi connectivity index (χ2n) is 7.82. The first kappa shape index (κ1) is 23.4. The number of amides is 2. The molecule has 0 aromatic heterocycles. The summed E-state index contributed by atoms with van der Waals surface area (Å²) in [6, 6.07) is 12.7. The fraction of sp³-hybridized carbons (Fsp3) is 0.417. The molecule has 1 atom stereocenters. The van der Waals surface area contributed by atoms with Crippen LogP contribution < -0.4 is 10.1 Å². The number of ether oxygens (including phenoxy) is 1. The lowest BCUT2D eigenvalue weighted by Crippen LogP contribution is -2.50. The fourth-order valence-corrected chi connectivity index (χ4v) is 3.06. The van der Waals surface area contributed by atoms with Crippen molar-refractivity contribution >= 4 is 11.8 Å². The molecule has 0 bridgehead atoms. The van der Waals surface area contributed by atoms with Crippen molar-refractivity contribution in [2.24, 2.45) is 5.92 Å². The summed E-state index contributed by atoms with van der Waals surface area (Å²) in [4.78, 5) is 27.4. The van der Waals surface area contributed by atoms with Gasteiger partial charge in [-0.1, -0.05) is 45.0 Å². The number of hydrogen-bond donors (Lipinski definition) is 1. The minimum Gasteiger partial charge on any atom is -0.484 e. The number of halogens is 1. The minimum absolute atomic E-state index is 0.182. The molecule has 0 radical (unpaired) electrons. The Balaban J connectivity index is 2.18. The number of aryl methyl sites for hydroxylation is 1. The van der Waals surface area contributed by atoms with E-state index in [1.165, 1.54) is 17.0 Å². The van der Waals surface area contributed by atoms with Crippen molar-refractivity contribution in [3.63, 3.8) is 0 Å². The Labute approximate surface area is 178 Å². The predicted molar refractivity (Wildman–Crippen MR) is 116 cm³/mol. The first-order chi connectivity index (χ1) is 14.3. The molecule has 162 valence electrons. The Morgan fingerprint density at radius 1 is 1.13 bits per heavy atom. The SMILES string of the molecule is CC[C@@H](C(=O)NCC(C)C)N(Cc1ccc(F)cc1)C(=O)COc1cccc(C)c1. The number of nitrogens with one attached hydrogen (secondary N) is 1. The number of carbonyl (C=O) groups is 2. The van der Waals surface area contributed by atoms with Gasteiger partial charge in [0.05, 0.1) is 0 Å². The van der Waals surface area contributed by atoms with Gasteiger partial charge in [0.15, 0.2) is 6.61 Å². The molecule has 0 aliphatic rings. The quantitative estimate of drug-likeness (QED) is 0.637. The monoisotopic (exact) mass is 414 g/mol. The average Bonchev–Trinajstić information content (AvgIpc) is 2.71. The highest BCUT2D eigenvalue weighted by molar-refractivity contribution is 5.88. The number of rotatable bonds is 10. The lowest BCUT2D eigenvalue weighted by atomic mass is 10.1. The Morgan fingerprint density at radius 2 is 1.83 bits per heavy atom. The first-order valence-electron chi connectivity index (χ1n) is 10.3. The molecule has 2 aromatic carbocycles. The molecular weight excluding hydrogens is 383 g/mol. The number of hydrogen-bond acceptors (Lipinski definition) is 3. The van der Waals surface area contributed by atoms with Crippen molar-refractivity contribution in [1.82, 2.24) is 10.2 Å². The van der Waals surface area contributed by atoms with E-state index >= 15 is 0 Å². The van der Waals surface area contributed by atoms with E-state index in [-0.39, 0.29) is 30.8 Å². The number of nitrogens with zero attached hydrogens (tertiary/aromatic N) is 1. The van der Waals surface area contributed by atoms with Crippen LogP contribution in [-0.4, -0.2) is 35.9 Å². The third-order valence-corrected chi connectivity index (χ3v) is 4.69. The van der Waals surface area contributed by atoms with Crippen molar-refractivity contribution in [3.8, 4) is 5.75 Å². The lowest BCUT2D eigenvalue weighted by molar-refractivity contribution is -0.143. The highest BCUT2D eigenvalue weighted by Crippen LogP contribution is 2.16. The second kappa shape index (κ2) is 11.3. The van der Waals surface area contributed by atoms with E-state index in [0.29, 0.717) is 24.6 Å². The Hall–Kier alpha value is -2.89. The van der Waals surface area contributed by atoms with Crippen LogP contribution in [0, 0.1) is 18.7 Å². The molecule has 0 aliphatic heterocycles. The van der Waals surface area contributed by atoms with Gasteiger partial charge in [-0.3, -0.25) is 9.59 Å². The fourth-order valence-electron chi connectivity index (χ4n) is 3.06. The van der Waals surface area contributed by atoms with Gasteiger partial charge >= 0.3 is 0 Å². The molecule has 2 aromatic rings. The van der Waals surface area contributed by atoms with Crippen LogP contribution in [0.4, 0.5) is 4.39 Å². The van der Waals surface area contributed by atoms with E-state index in [2.05, 4.69) is 5.32 Å². The topological polar surface area (TPSA) is 58.6 Å². The van der Waals surface area contributed by atoms with Crippen LogP contribution in [0.25, 0.3) is 0 Å². The van der Waals surface area contributed by atoms with Crippen LogP contribution in [0.3, 0.4) is 0 Å². The maximum Gasteiger partial charge on any atom is 0.261 e. The lowest BCUT2D eigenvalue weighted by Gasteiger charge is -2.30. The molecule has 6 heteroatoms. The minimum atomic E-state index is -0.637. The van der Waals surface area contributed by atoms with E-state index in [9.17, 15) is 14.0 Å². The van der Waals surface area contributed by atoms with Crippen molar-refractivity contribution in [2.45, 2.75) is 46.7 Å². The van der Waals surface area contributed by atoms with Crippen LogP contribution in [-0.2, 0) is 16.1 Å². The zero-order valence-electron chi connectivity index (χ0n) is 18.2. The molecule has 5 nitrogen and oxygen atoms in total. The number of carbonyl (C=O) groups excluding carboxylic acids is 2. The Morgan fingerprint density at radius 3 is 2.43 bits per heavy atom. The summed E-state index contributed by atoms with van der Waals surface area (Å²) in [5.74, 6) is 0.0606. The van der Waals surface area contributed by atoms with Gasteiger partial charge in [-0.25, -0.2) is 4.39 Å². The van der Waals surface area contributed by atoms with E-state index in [1.807, 2.05) is 45.9 Å². The summed E-state index contributed by atoms with van der Waals surface area (Å²) >= 11 is 0. The number of benzene rings is 2. The molecule has 30 heavy (non-hydrogen) atoms. The zero-order valence-corrected chi connectivity index (χ0v) is 18.2. The van der Waals surface area contributed by atoms with Crippen LogP contribution >= 0.6 is 0 Å². The molecular formula is C24H31FN2O3. The zero-order chi connectivity index (χ0) is 22.1. The maximum atomic E-state index is 13.3. The van der Waals surface area contributed by atoms with Crippen LogP contribution in [0.5, 0.6) is 5.75 Å². The summed E-state index contributed by atoms with van der Waals surface area (Å²) in [6.45, 7) is 8.39. The summed E-state index contributed by atoms with van der Waals surface area (Å²) in [5.41, 5.74) is 1.78. The molecule has 1 N–H and O–H groups in total. The third kappa shape index (κ3) is 7.17. The molecule has 2 amide bonds. The predicted octanol–water partition coefficient (Wildman–Crippen LogP) is 4.09. The molecule has 0 saturated heterocycles. The van der Waals surface area contributed by atoms with Crippen molar-refractivity contribution in [3.05, 3.63) is 65.5 Å². The van der Waals surface area contributed by atoms with Crippen molar-refractivity contribution < 1.29 is 18.7 Å². The van der Waals surface area contributed by atoms with E-state index < -0.39 is 6.04 Å². The highest BCUT2D eigenvalue weighted by Gasteiger charge is 2.29. The Bertz CT molecular complexity index is 837. The largest absolute Gasteiger partial charge is 0.484 e. The third-order valence-electron chi connectivity index (χ3n) is 4.69. The summed E-state index contributed by atoms with van der Waals surface area (Å²) in [6.07, 6.45) is 0.460. The smallest absolute Gasteiger partial charge is 0.261 e. The molecule has 0 spiro atoms. The van der Waals surface area contributed by atoms with Gasteiger partial charge in [0.25, 0.3) is 5.91 Å². The van der Waals surface area contributed by atoms with Gasteiger partial charge in [-0.05, 0) is 54.7 Å². The van der Waals surface area contributed by atoms with E-state index in [4.69, 9.17) is 4.74 Å². The van der Waals surface area contributed by atoms with Crippen LogP contribution in [0.2, 0.25) is 0 Å². The van der Waals surface area contributed by atoms with Gasteiger partial charge in [0.2, 0.25) is 5.91 Å². The summed E-state index contributed by atoms with van der Waals surface area (Å²) in [5, 5.41) is 2.91. The molecule has 0 heterocycles. The van der Waals surface area contributed by atoms with Crippen molar-refractivity contribution in [2.75, 3.05) is 13.2 Å². The summed E-state index contributed by atoms with van der Waals surface area (Å²) < 4.78 is 19.0. The van der Waals surface area contributed by atoms with E-state index in [1.54, 1.807) is 18.2 Å². The van der Waals surface area contributed by atoms with Gasteiger partial charge in [-0.15, -0.1) is 0 Å². The first-order valence-corrected chi connectivity index (χ1v) is 10.3. The van der Waals surface area contributed by atoms with Gasteiger partial charge in [0, 0.05) is 13.1 Å². The Kier molecular flexibility index (Phi) is 8.84. The van der Waals surface area contributed by atoms with Crippen LogP contribution in [0.15, 0.2) is 48.5 Å². The molecule has 0 unspecified atom stereocenters. The maximum absolute atomic E-state index is 13.3. The van der Waals surface area contributed by atoms with E-state index in [0.717, 1.165) is 11.1 Å². The van der Waals surface area contributed by atoms with Gasteiger partial charge < -0.3 is 15.0 Å². The molecule has 2 rings (SSSR count). The highest BCUT2D eigenvalue weighted by atomic mass is 19.1. The van der Waals surface area contributed by atoms with Gasteiger partial charge in [0.1, 0.15) is 17.6 Å². The second-order valence-corrected chi connectivity index (χ2v) is 7.82. The normalized spacial score (nSPS) is 11.8.